The number of halogens is 1. The minimum Gasteiger partial charge on any atom is -0.301 e. The molecule has 1 N–H and O–H groups in total. The van der Waals surface area contributed by atoms with Crippen molar-refractivity contribution >= 4 is 34.1 Å². The van der Waals surface area contributed by atoms with E-state index in [1.54, 1.807) is 18.3 Å². The molecule has 0 saturated carbocycles. The number of aromatic nitrogens is 4. The van der Waals surface area contributed by atoms with E-state index in [1.807, 2.05) is 34.9 Å². The smallest absolute Gasteiger partial charge is 0.236 e. The first-order valence-corrected chi connectivity index (χ1v) is 13.0. The quantitative estimate of drug-likeness (QED) is 0.251. The highest BCUT2D eigenvalue weighted by Crippen LogP contribution is 2.28. The van der Waals surface area contributed by atoms with Crippen LogP contribution in [-0.4, -0.2) is 31.4 Å². The summed E-state index contributed by atoms with van der Waals surface area (Å²) in [4.78, 5) is 18.1. The molecule has 2 heterocycles. The Balaban J connectivity index is 1.28. The second-order valence-electron chi connectivity index (χ2n) is 8.11. The molecule has 6 nitrogen and oxygen atoms in total. The summed E-state index contributed by atoms with van der Waals surface area (Å²) < 4.78 is 15.4. The van der Waals surface area contributed by atoms with E-state index in [-0.39, 0.29) is 17.5 Å². The van der Waals surface area contributed by atoms with Gasteiger partial charge in [-0.25, -0.2) is 9.37 Å². The SMILES string of the molecule is Cc1ccc(Cc2cnc(NC(=O)CSc3nnc(-c4ccccc4)n3-c3ccc(F)cc3)s2)cc1. The van der Waals surface area contributed by atoms with Gasteiger partial charge in [-0.15, -0.1) is 21.5 Å². The number of carbonyl (C=O) groups excluding carboxylic acids is 1. The molecule has 0 atom stereocenters. The average Bonchev–Trinajstić information content (AvgIpc) is 3.52. The normalized spacial score (nSPS) is 10.9. The van der Waals surface area contributed by atoms with Gasteiger partial charge in [-0.1, -0.05) is 71.9 Å². The molecule has 5 rings (SSSR count). The molecule has 3 aromatic carbocycles. The van der Waals surface area contributed by atoms with Gasteiger partial charge in [0.25, 0.3) is 0 Å². The predicted molar refractivity (Wildman–Crippen MR) is 142 cm³/mol. The standard InChI is InChI=1S/C27H22FN5OS2/c1-18-7-9-19(10-8-18)15-23-16-29-26(36-23)30-24(34)17-35-27-32-31-25(20-5-3-2-4-6-20)33(27)22-13-11-21(28)12-14-22/h2-14,16H,15,17H2,1H3,(H,29,30,34). The summed E-state index contributed by atoms with van der Waals surface area (Å²) in [6.45, 7) is 2.06. The van der Waals surface area contributed by atoms with E-state index in [1.165, 1.54) is 46.4 Å². The lowest BCUT2D eigenvalue weighted by Crippen LogP contribution is -2.14. The zero-order valence-electron chi connectivity index (χ0n) is 19.4. The van der Waals surface area contributed by atoms with Crippen molar-refractivity contribution < 1.29 is 9.18 Å². The monoisotopic (exact) mass is 515 g/mol. The molecule has 0 saturated heterocycles. The number of hydrogen-bond acceptors (Lipinski definition) is 6. The fourth-order valence-corrected chi connectivity index (χ4v) is 5.21. The van der Waals surface area contributed by atoms with Gasteiger partial charge in [0.15, 0.2) is 16.1 Å². The van der Waals surface area contributed by atoms with Crippen molar-refractivity contribution in [3.63, 3.8) is 0 Å². The Morgan fingerprint density at radius 2 is 1.75 bits per heavy atom. The number of thioether (sulfide) groups is 1. The van der Waals surface area contributed by atoms with Crippen LogP contribution in [0.4, 0.5) is 9.52 Å². The molecule has 0 aliphatic carbocycles. The Kier molecular flexibility index (Phi) is 7.20. The lowest BCUT2D eigenvalue weighted by molar-refractivity contribution is -0.113. The molecule has 0 unspecified atom stereocenters. The third-order valence-corrected chi connectivity index (χ3v) is 7.22. The molecule has 0 fully saturated rings. The number of rotatable bonds is 8. The van der Waals surface area contributed by atoms with Crippen LogP contribution in [0.25, 0.3) is 17.1 Å². The number of aryl methyl sites for hydroxylation is 1. The van der Waals surface area contributed by atoms with E-state index in [0.29, 0.717) is 21.8 Å². The average molecular weight is 516 g/mol. The summed E-state index contributed by atoms with van der Waals surface area (Å²) in [6.07, 6.45) is 2.57. The van der Waals surface area contributed by atoms with Gasteiger partial charge in [-0.2, -0.15) is 0 Å². The molecule has 36 heavy (non-hydrogen) atoms. The number of carbonyl (C=O) groups is 1. The van der Waals surface area contributed by atoms with Crippen LogP contribution in [0, 0.1) is 12.7 Å². The van der Waals surface area contributed by atoms with Crippen molar-refractivity contribution in [2.24, 2.45) is 0 Å². The number of hydrogen-bond donors (Lipinski definition) is 1. The molecule has 0 radical (unpaired) electrons. The molecular formula is C27H22FN5OS2. The summed E-state index contributed by atoms with van der Waals surface area (Å²) in [5, 5.41) is 12.6. The van der Waals surface area contributed by atoms with Gasteiger partial charge in [0, 0.05) is 28.7 Å². The molecule has 2 aromatic heterocycles. The van der Waals surface area contributed by atoms with Crippen molar-refractivity contribution in [2.45, 2.75) is 18.5 Å². The van der Waals surface area contributed by atoms with Crippen LogP contribution >= 0.6 is 23.1 Å². The summed E-state index contributed by atoms with van der Waals surface area (Å²) in [5.41, 5.74) is 4.00. The topological polar surface area (TPSA) is 72.7 Å². The fourth-order valence-electron chi connectivity index (χ4n) is 3.60. The first kappa shape index (κ1) is 23.9. The zero-order valence-corrected chi connectivity index (χ0v) is 21.0. The minimum atomic E-state index is -0.327. The maximum absolute atomic E-state index is 13.5. The van der Waals surface area contributed by atoms with Crippen molar-refractivity contribution in [1.29, 1.82) is 0 Å². The molecule has 0 spiro atoms. The second kappa shape index (κ2) is 10.8. The Bertz CT molecular complexity index is 1460. The predicted octanol–water partition coefficient (Wildman–Crippen LogP) is 6.16. The van der Waals surface area contributed by atoms with E-state index in [9.17, 15) is 9.18 Å². The fraction of sp³-hybridized carbons (Fsp3) is 0.111. The van der Waals surface area contributed by atoms with Crippen LogP contribution in [0.15, 0.2) is 90.2 Å². The van der Waals surface area contributed by atoms with Crippen LogP contribution in [0.3, 0.4) is 0 Å². The van der Waals surface area contributed by atoms with Crippen molar-refractivity contribution in [3.05, 3.63) is 107 Å². The van der Waals surface area contributed by atoms with Crippen molar-refractivity contribution in [3.8, 4) is 17.1 Å². The third kappa shape index (κ3) is 5.69. The van der Waals surface area contributed by atoms with Crippen LogP contribution in [-0.2, 0) is 11.2 Å². The molecule has 0 aliphatic rings. The molecule has 180 valence electrons. The summed E-state index contributed by atoms with van der Waals surface area (Å²) in [6, 6.07) is 24.1. The first-order valence-electron chi connectivity index (χ1n) is 11.2. The molecule has 1 amide bonds. The molecule has 0 aliphatic heterocycles. The highest BCUT2D eigenvalue weighted by Gasteiger charge is 2.18. The van der Waals surface area contributed by atoms with Gasteiger partial charge in [-0.05, 0) is 36.8 Å². The third-order valence-electron chi connectivity index (χ3n) is 5.38. The zero-order chi connectivity index (χ0) is 24.9. The Hall–Kier alpha value is -3.82. The summed E-state index contributed by atoms with van der Waals surface area (Å²) in [7, 11) is 0. The van der Waals surface area contributed by atoms with Gasteiger partial charge in [0.2, 0.25) is 5.91 Å². The van der Waals surface area contributed by atoms with E-state index in [2.05, 4.69) is 51.7 Å². The maximum atomic E-state index is 13.5. The molecule has 9 heteroatoms. The van der Waals surface area contributed by atoms with Crippen LogP contribution in [0.1, 0.15) is 16.0 Å². The lowest BCUT2D eigenvalue weighted by Gasteiger charge is -2.10. The minimum absolute atomic E-state index is 0.126. The van der Waals surface area contributed by atoms with Gasteiger partial charge < -0.3 is 5.32 Å². The van der Waals surface area contributed by atoms with E-state index in [4.69, 9.17) is 0 Å². The number of anilines is 1. The Morgan fingerprint density at radius 3 is 2.50 bits per heavy atom. The van der Waals surface area contributed by atoms with Crippen LogP contribution in [0.2, 0.25) is 0 Å². The highest BCUT2D eigenvalue weighted by molar-refractivity contribution is 7.99. The number of nitrogens with zero attached hydrogens (tertiary/aromatic N) is 4. The van der Waals surface area contributed by atoms with Crippen molar-refractivity contribution in [2.75, 3.05) is 11.1 Å². The largest absolute Gasteiger partial charge is 0.301 e. The van der Waals surface area contributed by atoms with Gasteiger partial charge in [0.1, 0.15) is 5.82 Å². The Morgan fingerprint density at radius 1 is 1.00 bits per heavy atom. The van der Waals surface area contributed by atoms with Gasteiger partial charge in [-0.3, -0.25) is 9.36 Å². The van der Waals surface area contributed by atoms with E-state index in [0.717, 1.165) is 16.9 Å². The lowest BCUT2D eigenvalue weighted by atomic mass is 10.1. The first-order chi connectivity index (χ1) is 17.5. The number of thiazole rings is 1. The van der Waals surface area contributed by atoms with Gasteiger partial charge in [0.05, 0.1) is 5.75 Å². The summed E-state index contributed by atoms with van der Waals surface area (Å²) >= 11 is 2.72. The van der Waals surface area contributed by atoms with E-state index >= 15 is 0 Å². The molecule has 5 aromatic rings. The molecular weight excluding hydrogens is 493 g/mol. The number of amides is 1. The number of benzene rings is 3. The second-order valence-corrected chi connectivity index (χ2v) is 10.2. The van der Waals surface area contributed by atoms with E-state index < -0.39 is 0 Å². The number of nitrogens with one attached hydrogen (secondary N) is 1. The highest BCUT2D eigenvalue weighted by atomic mass is 32.2. The van der Waals surface area contributed by atoms with Crippen molar-refractivity contribution in [1.82, 2.24) is 19.7 Å². The van der Waals surface area contributed by atoms with Crippen LogP contribution in [0.5, 0.6) is 0 Å². The molecule has 0 bridgehead atoms. The summed E-state index contributed by atoms with van der Waals surface area (Å²) in [5.74, 6) is 0.227. The van der Waals surface area contributed by atoms with Crippen LogP contribution < -0.4 is 5.32 Å². The maximum Gasteiger partial charge on any atom is 0.236 e. The van der Waals surface area contributed by atoms with Gasteiger partial charge >= 0.3 is 0 Å². The Labute approximate surface area is 216 Å².